The molecule has 0 bridgehead atoms. The molecule has 0 saturated heterocycles. The average Bonchev–Trinajstić information content (AvgIpc) is 2.96. The van der Waals surface area contributed by atoms with Crippen molar-refractivity contribution in [3.05, 3.63) is 63.7 Å². The fourth-order valence-corrected chi connectivity index (χ4v) is 3.30. The number of phenolic OH excluding ortho intramolecular Hbond substituents is 1. The third-order valence-corrected chi connectivity index (χ3v) is 4.76. The highest BCUT2D eigenvalue weighted by molar-refractivity contribution is 6.32. The Morgan fingerprint density at radius 3 is 2.60 bits per heavy atom. The maximum absolute atomic E-state index is 13.2. The van der Waals surface area contributed by atoms with E-state index >= 15 is 0 Å². The Morgan fingerprint density at radius 2 is 1.92 bits per heavy atom. The van der Waals surface area contributed by atoms with Gasteiger partial charge in [-0.25, -0.2) is 0 Å². The molecule has 0 saturated carbocycles. The molecule has 6 heteroatoms. The molecule has 5 nitrogen and oxygen atoms in total. The number of phenols is 1. The molecular formula is C19H19ClN2O3. The molecule has 1 atom stereocenters. The first-order valence-electron chi connectivity index (χ1n) is 7.90. The molecule has 0 aromatic heterocycles. The van der Waals surface area contributed by atoms with Crippen LogP contribution in [0.3, 0.4) is 0 Å². The molecule has 0 radical (unpaired) electrons. The molecule has 1 N–H and O–H groups in total. The van der Waals surface area contributed by atoms with Gasteiger partial charge in [0.15, 0.2) is 0 Å². The lowest BCUT2D eigenvalue weighted by Gasteiger charge is -2.27. The molecule has 1 aliphatic rings. The lowest BCUT2D eigenvalue weighted by molar-refractivity contribution is -0.133. The van der Waals surface area contributed by atoms with E-state index in [2.05, 4.69) is 0 Å². The number of benzene rings is 2. The van der Waals surface area contributed by atoms with E-state index in [-0.39, 0.29) is 22.6 Å². The van der Waals surface area contributed by atoms with E-state index in [4.69, 9.17) is 11.6 Å². The van der Waals surface area contributed by atoms with Gasteiger partial charge >= 0.3 is 0 Å². The summed E-state index contributed by atoms with van der Waals surface area (Å²) in [6, 6.07) is 9.82. The number of aryl methyl sites for hydroxylation is 1. The Morgan fingerprint density at radius 1 is 1.24 bits per heavy atom. The number of amides is 2. The van der Waals surface area contributed by atoms with Crippen molar-refractivity contribution < 1.29 is 14.7 Å². The van der Waals surface area contributed by atoms with Gasteiger partial charge in [0.2, 0.25) is 5.91 Å². The van der Waals surface area contributed by atoms with Gasteiger partial charge in [-0.1, -0.05) is 35.9 Å². The molecule has 0 fully saturated rings. The van der Waals surface area contributed by atoms with E-state index in [9.17, 15) is 14.7 Å². The topological polar surface area (TPSA) is 60.9 Å². The van der Waals surface area contributed by atoms with Crippen LogP contribution in [0.25, 0.3) is 0 Å². The van der Waals surface area contributed by atoms with Crippen molar-refractivity contribution in [1.29, 1.82) is 0 Å². The highest BCUT2D eigenvalue weighted by Crippen LogP contribution is 2.37. The zero-order chi connectivity index (χ0) is 18.3. The van der Waals surface area contributed by atoms with Crippen LogP contribution in [0.5, 0.6) is 5.75 Å². The normalized spacial score (nSPS) is 15.8. The maximum Gasteiger partial charge on any atom is 0.255 e. The summed E-state index contributed by atoms with van der Waals surface area (Å²) >= 11 is 5.98. The number of aromatic hydroxyl groups is 1. The number of halogens is 1. The monoisotopic (exact) mass is 358 g/mol. The second-order valence-corrected chi connectivity index (χ2v) is 6.79. The van der Waals surface area contributed by atoms with Gasteiger partial charge < -0.3 is 14.9 Å². The van der Waals surface area contributed by atoms with E-state index < -0.39 is 6.04 Å². The number of rotatable bonds is 2. The number of fused-ring (bicyclic) bond motifs is 1. The molecule has 2 aromatic carbocycles. The molecule has 1 unspecified atom stereocenters. The third-order valence-electron chi connectivity index (χ3n) is 4.46. The van der Waals surface area contributed by atoms with E-state index in [0.29, 0.717) is 17.7 Å². The Bertz CT molecular complexity index is 864. The largest absolute Gasteiger partial charge is 0.506 e. The van der Waals surface area contributed by atoms with E-state index in [1.807, 2.05) is 24.3 Å². The molecule has 0 spiro atoms. The van der Waals surface area contributed by atoms with Gasteiger partial charge in [-0.2, -0.15) is 0 Å². The predicted molar refractivity (Wildman–Crippen MR) is 95.6 cm³/mol. The molecule has 2 amide bonds. The van der Waals surface area contributed by atoms with Crippen molar-refractivity contribution in [2.45, 2.75) is 19.5 Å². The first-order valence-corrected chi connectivity index (χ1v) is 8.28. The van der Waals surface area contributed by atoms with Crippen molar-refractivity contribution in [2.24, 2.45) is 0 Å². The summed E-state index contributed by atoms with van der Waals surface area (Å²) in [5.74, 6) is -0.502. The quantitative estimate of drug-likeness (QED) is 0.897. The van der Waals surface area contributed by atoms with Crippen molar-refractivity contribution in [2.75, 3.05) is 14.1 Å². The van der Waals surface area contributed by atoms with Crippen LogP contribution in [-0.4, -0.2) is 40.8 Å². The number of carbonyl (C=O) groups is 2. The summed E-state index contributed by atoms with van der Waals surface area (Å²) in [6.45, 7) is 2.09. The summed E-state index contributed by atoms with van der Waals surface area (Å²) in [5, 5.41) is 9.82. The molecule has 2 aromatic rings. The third kappa shape index (κ3) is 2.96. The molecule has 1 heterocycles. The molecule has 0 aliphatic carbocycles. The molecule has 130 valence electrons. The van der Waals surface area contributed by atoms with E-state index in [0.717, 1.165) is 11.1 Å². The van der Waals surface area contributed by atoms with Crippen LogP contribution in [0.15, 0.2) is 36.4 Å². The fraction of sp³-hybridized carbons (Fsp3) is 0.263. The second-order valence-electron chi connectivity index (χ2n) is 6.39. The standard InChI is InChI=1S/C19H19ClN2O3/c1-11-8-16(23)15(20)9-14(11)18(24)22-10-12-6-4-5-7-13(12)17(22)19(25)21(2)3/h4-9,17,23H,10H2,1-3H3. The number of hydrogen-bond acceptors (Lipinski definition) is 3. The number of hydrogen-bond donors (Lipinski definition) is 1. The number of nitrogens with zero attached hydrogens (tertiary/aromatic N) is 2. The summed E-state index contributed by atoms with van der Waals surface area (Å²) in [4.78, 5) is 28.9. The smallest absolute Gasteiger partial charge is 0.255 e. The number of carbonyl (C=O) groups excluding carboxylic acids is 2. The minimum Gasteiger partial charge on any atom is -0.506 e. The Hall–Kier alpha value is -2.53. The highest BCUT2D eigenvalue weighted by atomic mass is 35.5. The van der Waals surface area contributed by atoms with Crippen molar-refractivity contribution in [3.63, 3.8) is 0 Å². The van der Waals surface area contributed by atoms with Crippen LogP contribution in [0.4, 0.5) is 0 Å². The van der Waals surface area contributed by atoms with Gasteiger partial charge in [0, 0.05) is 26.2 Å². The SMILES string of the molecule is Cc1cc(O)c(Cl)cc1C(=O)N1Cc2ccccc2C1C(=O)N(C)C. The van der Waals surface area contributed by atoms with Gasteiger partial charge in [-0.05, 0) is 35.7 Å². The number of likely N-dealkylation sites (N-methyl/N-ethyl adjacent to an activating group) is 1. The second kappa shape index (κ2) is 6.41. The van der Waals surface area contributed by atoms with Crippen LogP contribution >= 0.6 is 11.6 Å². The van der Waals surface area contributed by atoms with Gasteiger partial charge in [0.1, 0.15) is 11.8 Å². The zero-order valence-electron chi connectivity index (χ0n) is 14.3. The highest BCUT2D eigenvalue weighted by Gasteiger charge is 2.39. The lowest BCUT2D eigenvalue weighted by atomic mass is 10.0. The minimum atomic E-state index is -0.661. The molecule has 25 heavy (non-hydrogen) atoms. The van der Waals surface area contributed by atoms with Crippen molar-refractivity contribution in [1.82, 2.24) is 9.80 Å². The van der Waals surface area contributed by atoms with E-state index in [1.54, 1.807) is 25.9 Å². The fourth-order valence-electron chi connectivity index (χ4n) is 3.14. The van der Waals surface area contributed by atoms with Crippen LogP contribution in [0, 0.1) is 6.92 Å². The van der Waals surface area contributed by atoms with Crippen LogP contribution in [0.2, 0.25) is 5.02 Å². The summed E-state index contributed by atoms with van der Waals surface area (Å²) in [5.41, 5.74) is 2.79. The van der Waals surface area contributed by atoms with Gasteiger partial charge in [0.25, 0.3) is 5.91 Å². The van der Waals surface area contributed by atoms with Crippen molar-refractivity contribution in [3.8, 4) is 5.75 Å². The summed E-state index contributed by atoms with van der Waals surface area (Å²) in [6.07, 6.45) is 0. The Labute approximate surface area is 151 Å². The van der Waals surface area contributed by atoms with Crippen LogP contribution in [0.1, 0.15) is 33.1 Å². The summed E-state index contributed by atoms with van der Waals surface area (Å²) < 4.78 is 0. The molecule has 3 rings (SSSR count). The Kier molecular flexibility index (Phi) is 4.43. The molecule has 1 aliphatic heterocycles. The van der Waals surface area contributed by atoms with Gasteiger partial charge in [-0.15, -0.1) is 0 Å². The first kappa shape index (κ1) is 17.3. The van der Waals surface area contributed by atoms with Gasteiger partial charge in [0.05, 0.1) is 5.02 Å². The maximum atomic E-state index is 13.2. The van der Waals surface area contributed by atoms with Gasteiger partial charge in [-0.3, -0.25) is 9.59 Å². The summed E-state index contributed by atoms with van der Waals surface area (Å²) in [7, 11) is 3.35. The van der Waals surface area contributed by atoms with Crippen molar-refractivity contribution >= 4 is 23.4 Å². The average molecular weight is 359 g/mol. The first-order chi connectivity index (χ1) is 11.8. The van der Waals surface area contributed by atoms with Crippen LogP contribution in [-0.2, 0) is 11.3 Å². The van der Waals surface area contributed by atoms with Crippen LogP contribution < -0.4 is 0 Å². The molecular weight excluding hydrogens is 340 g/mol. The predicted octanol–water partition coefficient (Wildman–Crippen LogP) is 3.14. The minimum absolute atomic E-state index is 0.0682. The zero-order valence-corrected chi connectivity index (χ0v) is 15.0. The lowest BCUT2D eigenvalue weighted by Crippen LogP contribution is -2.39. The Balaban J connectivity index is 2.05. The van der Waals surface area contributed by atoms with E-state index in [1.165, 1.54) is 17.0 Å².